The number of nitrogens with one attached hydrogen (secondary N) is 1. The van der Waals surface area contributed by atoms with Crippen LogP contribution in [0.15, 0.2) is 24.3 Å². The van der Waals surface area contributed by atoms with E-state index in [1.54, 1.807) is 12.1 Å². The Hall–Kier alpha value is -0.950. The fourth-order valence-electron chi connectivity index (χ4n) is 2.68. The third kappa shape index (κ3) is 3.54. The van der Waals surface area contributed by atoms with Crippen molar-refractivity contribution < 1.29 is 8.76 Å². The molecule has 1 fully saturated rings. The van der Waals surface area contributed by atoms with Gasteiger partial charge in [0, 0.05) is 30.9 Å². The van der Waals surface area contributed by atoms with Gasteiger partial charge in [0.2, 0.25) is 0 Å². The molecule has 1 aromatic rings. The number of rotatable bonds is 3. The van der Waals surface area contributed by atoms with Crippen LogP contribution >= 0.6 is 0 Å². The summed E-state index contributed by atoms with van der Waals surface area (Å²) < 4.78 is 21.4. The highest BCUT2D eigenvalue weighted by molar-refractivity contribution is 7.79. The van der Waals surface area contributed by atoms with Crippen LogP contribution in [0.5, 0.6) is 0 Å². The highest BCUT2D eigenvalue weighted by Gasteiger charge is 2.31. The van der Waals surface area contributed by atoms with Crippen molar-refractivity contribution in [3.63, 3.8) is 0 Å². The van der Waals surface area contributed by atoms with Gasteiger partial charge in [-0.05, 0) is 31.5 Å². The van der Waals surface area contributed by atoms with Gasteiger partial charge < -0.3 is 15.6 Å². The van der Waals surface area contributed by atoms with Crippen LogP contribution in [-0.2, 0) is 11.1 Å². The monoisotopic (exact) mass is 283 g/mol. The number of hydrogen-bond acceptors (Lipinski definition) is 4. The van der Waals surface area contributed by atoms with E-state index in [9.17, 15) is 8.76 Å². The molecule has 1 heterocycles. The van der Waals surface area contributed by atoms with Crippen molar-refractivity contribution in [3.8, 4) is 0 Å². The van der Waals surface area contributed by atoms with Crippen LogP contribution in [0.3, 0.4) is 0 Å². The molecule has 0 spiro atoms. The Balaban J connectivity index is 2.24. The summed E-state index contributed by atoms with van der Waals surface area (Å²) >= 11 is -1.93. The number of nitrogens with two attached hydrogens (primary N) is 1. The van der Waals surface area contributed by atoms with Crippen LogP contribution in [0.4, 0.5) is 5.69 Å². The molecule has 0 saturated carbocycles. The summed E-state index contributed by atoms with van der Waals surface area (Å²) in [7, 11) is 0. The lowest BCUT2D eigenvalue weighted by Crippen LogP contribution is -2.55. The summed E-state index contributed by atoms with van der Waals surface area (Å²) in [4.78, 5) is 2.06. The molecule has 0 radical (unpaired) electrons. The third-order valence-corrected chi connectivity index (χ3v) is 4.28. The number of anilines is 1. The van der Waals surface area contributed by atoms with Gasteiger partial charge in [0.25, 0.3) is 0 Å². The Morgan fingerprint density at radius 3 is 2.32 bits per heavy atom. The van der Waals surface area contributed by atoms with Crippen LogP contribution in [0.1, 0.15) is 24.8 Å². The summed E-state index contributed by atoms with van der Waals surface area (Å²) in [6.07, 6.45) is 0. The first-order valence-corrected chi connectivity index (χ1v) is 7.59. The van der Waals surface area contributed by atoms with E-state index in [4.69, 9.17) is 5.73 Å². The highest BCUT2D eigenvalue weighted by atomic mass is 32.2. The van der Waals surface area contributed by atoms with Crippen molar-refractivity contribution in [2.45, 2.75) is 31.3 Å². The van der Waals surface area contributed by atoms with Gasteiger partial charge in [-0.15, -0.1) is 0 Å². The van der Waals surface area contributed by atoms with Crippen LogP contribution in [0.25, 0.3) is 0 Å². The molecule has 4 atom stereocenters. The number of benzene rings is 1. The van der Waals surface area contributed by atoms with Crippen molar-refractivity contribution in [2.24, 2.45) is 0 Å². The van der Waals surface area contributed by atoms with Gasteiger partial charge in [-0.25, -0.2) is 4.21 Å². The van der Waals surface area contributed by atoms with Gasteiger partial charge in [-0.3, -0.25) is 4.90 Å². The molecular formula is C13H21N3O2S. The van der Waals surface area contributed by atoms with Crippen molar-refractivity contribution in [2.75, 3.05) is 18.8 Å². The summed E-state index contributed by atoms with van der Waals surface area (Å²) in [5, 5.41) is 2.93. The second-order valence-corrected chi connectivity index (χ2v) is 6.22. The Kier molecular flexibility index (Phi) is 4.57. The topological polar surface area (TPSA) is 78.6 Å². The van der Waals surface area contributed by atoms with Gasteiger partial charge in [0.1, 0.15) is 5.37 Å². The van der Waals surface area contributed by atoms with E-state index < -0.39 is 16.5 Å². The number of nitrogen functional groups attached to an aromatic ring is 1. The molecule has 0 bridgehead atoms. The minimum Gasteiger partial charge on any atom is -0.399 e. The molecule has 4 unspecified atom stereocenters. The zero-order chi connectivity index (χ0) is 14.0. The molecule has 0 amide bonds. The summed E-state index contributed by atoms with van der Waals surface area (Å²) in [5.74, 6) is 0. The summed E-state index contributed by atoms with van der Waals surface area (Å²) in [5.41, 5.74) is 7.15. The normalized spacial score (nSPS) is 27.9. The van der Waals surface area contributed by atoms with E-state index in [0.717, 1.165) is 18.7 Å². The van der Waals surface area contributed by atoms with Gasteiger partial charge >= 0.3 is 0 Å². The Morgan fingerprint density at radius 2 is 1.84 bits per heavy atom. The maximum Gasteiger partial charge on any atom is 0.175 e. The molecule has 0 aromatic heterocycles. The molecule has 4 N–H and O–H groups in total. The second-order valence-electron chi connectivity index (χ2n) is 5.22. The number of hydrogen-bond donors (Lipinski definition) is 3. The van der Waals surface area contributed by atoms with E-state index in [1.807, 2.05) is 12.1 Å². The molecule has 0 aliphatic carbocycles. The van der Waals surface area contributed by atoms with Gasteiger partial charge in [0.15, 0.2) is 11.1 Å². The molecule has 1 saturated heterocycles. The van der Waals surface area contributed by atoms with E-state index >= 15 is 0 Å². The molecular weight excluding hydrogens is 262 g/mol. The minimum absolute atomic E-state index is 0.309. The van der Waals surface area contributed by atoms with E-state index in [1.165, 1.54) is 0 Å². The molecule has 5 nitrogen and oxygen atoms in total. The first kappa shape index (κ1) is 14.5. The lowest BCUT2D eigenvalue weighted by molar-refractivity contribution is 0.156. The first-order chi connectivity index (χ1) is 8.97. The van der Waals surface area contributed by atoms with Crippen molar-refractivity contribution in [1.29, 1.82) is 0 Å². The smallest absolute Gasteiger partial charge is 0.175 e. The van der Waals surface area contributed by atoms with Crippen LogP contribution in [0.2, 0.25) is 0 Å². The first-order valence-electron chi connectivity index (χ1n) is 6.42. The van der Waals surface area contributed by atoms with Crippen LogP contribution in [0, 0.1) is 0 Å². The maximum atomic E-state index is 11.7. The zero-order valence-electron chi connectivity index (χ0n) is 11.2. The third-order valence-electron chi connectivity index (χ3n) is 3.33. The predicted molar refractivity (Wildman–Crippen MR) is 78.0 cm³/mol. The standard InChI is InChI=1S/C13H21N3O2S/c1-9-7-16(8-10(2)15-9)13(19(17)18)11-3-5-12(14)6-4-11/h3-6,9-10,13,15H,7-8,14H2,1-2H3,(H,17,18). The van der Waals surface area contributed by atoms with Crippen molar-refractivity contribution >= 4 is 16.8 Å². The molecule has 1 aliphatic heterocycles. The largest absolute Gasteiger partial charge is 0.399 e. The predicted octanol–water partition coefficient (Wildman–Crippen LogP) is 1.17. The maximum absolute atomic E-state index is 11.7. The van der Waals surface area contributed by atoms with Crippen molar-refractivity contribution in [1.82, 2.24) is 10.2 Å². The van der Waals surface area contributed by atoms with E-state index in [-0.39, 0.29) is 0 Å². The van der Waals surface area contributed by atoms with Crippen LogP contribution in [-0.4, -0.2) is 38.8 Å². The molecule has 1 aliphatic rings. The highest BCUT2D eigenvalue weighted by Crippen LogP contribution is 2.26. The van der Waals surface area contributed by atoms with Crippen LogP contribution < -0.4 is 11.1 Å². The molecule has 19 heavy (non-hydrogen) atoms. The molecule has 2 rings (SSSR count). The number of piperazine rings is 1. The quantitative estimate of drug-likeness (QED) is 0.573. The van der Waals surface area contributed by atoms with E-state index in [2.05, 4.69) is 24.1 Å². The SMILES string of the molecule is CC1CN(C(c2ccc(N)cc2)S(=O)O)CC(C)N1. The zero-order valence-corrected chi connectivity index (χ0v) is 12.1. The Labute approximate surface area is 116 Å². The van der Waals surface area contributed by atoms with Crippen molar-refractivity contribution in [3.05, 3.63) is 29.8 Å². The fourth-order valence-corrected chi connectivity index (χ4v) is 3.49. The van der Waals surface area contributed by atoms with Gasteiger partial charge in [-0.2, -0.15) is 0 Å². The molecule has 1 aromatic carbocycles. The minimum atomic E-state index is -1.93. The Morgan fingerprint density at radius 1 is 1.32 bits per heavy atom. The van der Waals surface area contributed by atoms with E-state index in [0.29, 0.717) is 17.8 Å². The number of nitrogens with zero attached hydrogens (tertiary/aromatic N) is 1. The molecule has 6 heteroatoms. The van der Waals surface area contributed by atoms with Gasteiger partial charge in [-0.1, -0.05) is 12.1 Å². The average molecular weight is 283 g/mol. The Bertz CT molecular complexity index is 442. The lowest BCUT2D eigenvalue weighted by Gasteiger charge is -2.39. The summed E-state index contributed by atoms with van der Waals surface area (Å²) in [6.45, 7) is 5.68. The molecule has 106 valence electrons. The lowest BCUT2D eigenvalue weighted by atomic mass is 10.1. The summed E-state index contributed by atoms with van der Waals surface area (Å²) in [6, 6.07) is 7.80. The fraction of sp³-hybridized carbons (Fsp3) is 0.538. The van der Waals surface area contributed by atoms with Gasteiger partial charge in [0.05, 0.1) is 0 Å². The average Bonchev–Trinajstić information content (AvgIpc) is 2.30. The second kappa shape index (κ2) is 6.00.